The molecule has 0 amide bonds. The predicted octanol–water partition coefficient (Wildman–Crippen LogP) is 4.16. The van der Waals surface area contributed by atoms with E-state index in [9.17, 15) is 0 Å². The van der Waals surface area contributed by atoms with Gasteiger partial charge in [-0.25, -0.2) is 0 Å². The van der Waals surface area contributed by atoms with Crippen molar-refractivity contribution >= 4 is 11.4 Å². The van der Waals surface area contributed by atoms with Crippen LogP contribution in [0, 0.1) is 0 Å². The van der Waals surface area contributed by atoms with Gasteiger partial charge in [-0.2, -0.15) is 0 Å². The fraction of sp³-hybridized carbons (Fsp3) is 0.625. The molecule has 2 nitrogen and oxygen atoms in total. The maximum atomic E-state index is 2.30. The number of nitrogens with zero attached hydrogens (tertiary/aromatic N) is 2. The Kier molecular flexibility index (Phi) is 3.99. The fourth-order valence-corrected chi connectivity index (χ4v) is 1.67. The van der Waals surface area contributed by atoms with Crippen LogP contribution >= 0.6 is 0 Å². The highest BCUT2D eigenvalue weighted by atomic mass is 15.2. The summed E-state index contributed by atoms with van der Waals surface area (Å²) in [6.07, 6.45) is 0. The molecule has 1 rings (SSSR count). The van der Waals surface area contributed by atoms with E-state index in [2.05, 4.69) is 89.7 Å². The lowest BCUT2D eigenvalue weighted by molar-refractivity contribution is 0.535. The number of hydrogen-bond donors (Lipinski definition) is 0. The smallest absolute Gasteiger partial charge is 0.0369 e. The van der Waals surface area contributed by atoms with Gasteiger partial charge >= 0.3 is 0 Å². The van der Waals surface area contributed by atoms with Crippen molar-refractivity contribution < 1.29 is 0 Å². The van der Waals surface area contributed by atoms with E-state index >= 15 is 0 Å². The number of anilines is 2. The molecule has 0 N–H and O–H groups in total. The maximum absolute atomic E-state index is 2.30. The maximum Gasteiger partial charge on any atom is 0.0369 e. The van der Waals surface area contributed by atoms with Crippen molar-refractivity contribution in [1.29, 1.82) is 0 Å². The second kappa shape index (κ2) is 4.83. The Hall–Kier alpha value is -1.18. The molecule has 0 aliphatic carbocycles. The highest BCUT2D eigenvalue weighted by molar-refractivity contribution is 5.57. The van der Waals surface area contributed by atoms with Crippen LogP contribution in [0.3, 0.4) is 0 Å². The molecule has 1 aromatic carbocycles. The minimum atomic E-state index is 0.150. The van der Waals surface area contributed by atoms with E-state index in [0.29, 0.717) is 0 Å². The van der Waals surface area contributed by atoms with Crippen LogP contribution in [0.25, 0.3) is 0 Å². The average molecular weight is 248 g/mol. The number of hydrogen-bond acceptors (Lipinski definition) is 2. The lowest BCUT2D eigenvalue weighted by Crippen LogP contribution is -2.39. The molecule has 0 saturated heterocycles. The molecular formula is C16H28N2. The van der Waals surface area contributed by atoms with E-state index in [-0.39, 0.29) is 11.1 Å². The lowest BCUT2D eigenvalue weighted by Gasteiger charge is -2.36. The molecule has 0 radical (unpaired) electrons. The summed E-state index contributed by atoms with van der Waals surface area (Å²) in [5.74, 6) is 0. The number of benzene rings is 1. The first kappa shape index (κ1) is 14.9. The Morgan fingerprint density at radius 3 is 1.00 bits per heavy atom. The van der Waals surface area contributed by atoms with Gasteiger partial charge < -0.3 is 9.80 Å². The van der Waals surface area contributed by atoms with Gasteiger partial charge in [-0.3, -0.25) is 0 Å². The van der Waals surface area contributed by atoms with E-state index < -0.39 is 0 Å². The summed E-state index contributed by atoms with van der Waals surface area (Å²) in [6.45, 7) is 13.3. The van der Waals surface area contributed by atoms with Crippen LogP contribution < -0.4 is 9.80 Å². The monoisotopic (exact) mass is 248 g/mol. The zero-order valence-electron chi connectivity index (χ0n) is 13.2. The van der Waals surface area contributed by atoms with Crippen molar-refractivity contribution in [2.75, 3.05) is 23.9 Å². The molecule has 0 spiro atoms. The topological polar surface area (TPSA) is 6.48 Å². The molecular weight excluding hydrogens is 220 g/mol. The molecule has 0 aromatic heterocycles. The van der Waals surface area contributed by atoms with Gasteiger partial charge in [-0.05, 0) is 65.8 Å². The van der Waals surface area contributed by atoms with Gasteiger partial charge in [-0.1, -0.05) is 0 Å². The van der Waals surface area contributed by atoms with E-state index in [1.54, 1.807) is 0 Å². The van der Waals surface area contributed by atoms with Gasteiger partial charge in [0.1, 0.15) is 0 Å². The summed E-state index contributed by atoms with van der Waals surface area (Å²) in [5, 5.41) is 0. The summed E-state index contributed by atoms with van der Waals surface area (Å²) < 4.78 is 0. The summed E-state index contributed by atoms with van der Waals surface area (Å²) in [5.41, 5.74) is 2.82. The Morgan fingerprint density at radius 1 is 0.611 bits per heavy atom. The quantitative estimate of drug-likeness (QED) is 0.775. The SMILES string of the molecule is CN(c1ccc(N(C)C(C)(C)C)cc1)C(C)(C)C. The van der Waals surface area contributed by atoms with Gasteiger partial charge in [0, 0.05) is 36.5 Å². The van der Waals surface area contributed by atoms with Gasteiger partial charge in [0.25, 0.3) is 0 Å². The molecule has 0 atom stereocenters. The van der Waals surface area contributed by atoms with Crippen LogP contribution in [0.2, 0.25) is 0 Å². The van der Waals surface area contributed by atoms with Gasteiger partial charge in [0.05, 0.1) is 0 Å². The molecule has 2 heteroatoms. The third kappa shape index (κ3) is 3.41. The minimum Gasteiger partial charge on any atom is -0.370 e. The lowest BCUT2D eigenvalue weighted by atomic mass is 10.0. The Morgan fingerprint density at radius 2 is 0.833 bits per heavy atom. The molecule has 0 unspecified atom stereocenters. The first-order valence-electron chi connectivity index (χ1n) is 6.61. The Balaban J connectivity index is 2.94. The third-order valence-electron chi connectivity index (χ3n) is 3.64. The van der Waals surface area contributed by atoms with Crippen LogP contribution in [0.4, 0.5) is 11.4 Å². The van der Waals surface area contributed by atoms with Crippen LogP contribution in [0.1, 0.15) is 41.5 Å². The van der Waals surface area contributed by atoms with Crippen LogP contribution in [-0.2, 0) is 0 Å². The minimum absolute atomic E-state index is 0.150. The first-order valence-corrected chi connectivity index (χ1v) is 6.61. The Labute approximate surface area is 113 Å². The first-order chi connectivity index (χ1) is 8.03. The van der Waals surface area contributed by atoms with Crippen molar-refractivity contribution in [2.24, 2.45) is 0 Å². The molecule has 1 aromatic rings. The Bertz CT molecular complexity index is 340. The van der Waals surface area contributed by atoms with E-state index in [4.69, 9.17) is 0 Å². The molecule has 18 heavy (non-hydrogen) atoms. The summed E-state index contributed by atoms with van der Waals surface area (Å²) in [4.78, 5) is 4.60. The standard InChI is InChI=1S/C16H28N2/c1-15(2,3)17(7)13-9-11-14(12-10-13)18(8)16(4,5)6/h9-12H,1-8H3. The molecule has 0 aliphatic rings. The van der Waals surface area contributed by atoms with Crippen LogP contribution in [-0.4, -0.2) is 25.2 Å². The van der Waals surface area contributed by atoms with Crippen molar-refractivity contribution in [3.05, 3.63) is 24.3 Å². The van der Waals surface area contributed by atoms with Gasteiger partial charge in [-0.15, -0.1) is 0 Å². The second-order valence-electron chi connectivity index (χ2n) is 6.98. The zero-order valence-corrected chi connectivity index (χ0v) is 13.2. The summed E-state index contributed by atoms with van der Waals surface area (Å²) >= 11 is 0. The van der Waals surface area contributed by atoms with Crippen molar-refractivity contribution in [1.82, 2.24) is 0 Å². The van der Waals surface area contributed by atoms with E-state index in [1.807, 2.05) is 0 Å². The highest BCUT2D eigenvalue weighted by Gasteiger charge is 2.19. The van der Waals surface area contributed by atoms with E-state index in [0.717, 1.165) is 0 Å². The highest BCUT2D eigenvalue weighted by Crippen LogP contribution is 2.27. The van der Waals surface area contributed by atoms with Gasteiger partial charge in [0.15, 0.2) is 0 Å². The fourth-order valence-electron chi connectivity index (χ4n) is 1.67. The zero-order chi connectivity index (χ0) is 14.1. The molecule has 0 heterocycles. The third-order valence-corrected chi connectivity index (χ3v) is 3.64. The van der Waals surface area contributed by atoms with Crippen LogP contribution in [0.15, 0.2) is 24.3 Å². The van der Waals surface area contributed by atoms with Crippen molar-refractivity contribution in [3.8, 4) is 0 Å². The molecule has 0 bridgehead atoms. The average Bonchev–Trinajstić information content (AvgIpc) is 2.25. The number of rotatable bonds is 2. The molecule has 0 saturated carbocycles. The molecule has 0 aliphatic heterocycles. The summed E-state index contributed by atoms with van der Waals surface area (Å²) in [6, 6.07) is 8.79. The summed E-state index contributed by atoms with van der Waals surface area (Å²) in [7, 11) is 4.28. The normalized spacial score (nSPS) is 12.4. The second-order valence-corrected chi connectivity index (χ2v) is 6.98. The van der Waals surface area contributed by atoms with Crippen molar-refractivity contribution in [3.63, 3.8) is 0 Å². The molecule has 0 fully saturated rings. The predicted molar refractivity (Wildman–Crippen MR) is 82.8 cm³/mol. The molecule has 102 valence electrons. The van der Waals surface area contributed by atoms with Gasteiger partial charge in [0.2, 0.25) is 0 Å². The van der Waals surface area contributed by atoms with E-state index in [1.165, 1.54) is 11.4 Å². The largest absolute Gasteiger partial charge is 0.370 e. The van der Waals surface area contributed by atoms with Crippen molar-refractivity contribution in [2.45, 2.75) is 52.6 Å². The van der Waals surface area contributed by atoms with Crippen LogP contribution in [0.5, 0.6) is 0 Å².